The lowest BCUT2D eigenvalue weighted by atomic mass is 10.2. The van der Waals surface area contributed by atoms with E-state index in [1.807, 2.05) is 0 Å². The van der Waals surface area contributed by atoms with Gasteiger partial charge in [0.15, 0.2) is 0 Å². The Bertz CT molecular complexity index is 488. The number of hydrogen-bond donors (Lipinski definition) is 2. The maximum Gasteiger partial charge on any atom is 0.240 e. The molecule has 4 nitrogen and oxygen atoms in total. The van der Waals surface area contributed by atoms with Gasteiger partial charge in [-0.3, -0.25) is 0 Å². The number of sulfonamides is 1. The lowest BCUT2D eigenvalue weighted by Gasteiger charge is -2.12. The first-order valence-electron chi connectivity index (χ1n) is 5.50. The summed E-state index contributed by atoms with van der Waals surface area (Å²) >= 11 is 3.27. The van der Waals surface area contributed by atoms with E-state index >= 15 is 0 Å². The van der Waals surface area contributed by atoms with Crippen molar-refractivity contribution in [3.8, 4) is 0 Å². The van der Waals surface area contributed by atoms with Gasteiger partial charge < -0.3 is 5.73 Å². The van der Waals surface area contributed by atoms with Gasteiger partial charge in [0.1, 0.15) is 0 Å². The van der Waals surface area contributed by atoms with Crippen LogP contribution in [0.5, 0.6) is 0 Å². The van der Waals surface area contributed by atoms with E-state index in [1.54, 1.807) is 24.3 Å². The summed E-state index contributed by atoms with van der Waals surface area (Å²) in [5.41, 5.74) is 5.85. The predicted octanol–water partition coefficient (Wildman–Crippen LogP) is 1.89. The molecule has 3 N–H and O–H groups in total. The molecule has 1 aliphatic carbocycles. The summed E-state index contributed by atoms with van der Waals surface area (Å²) in [5, 5.41) is 0. The Hall–Kier alpha value is -0.140. The van der Waals surface area contributed by atoms with Crippen molar-refractivity contribution in [1.82, 2.24) is 4.72 Å². The number of hydrogen-bond acceptors (Lipinski definition) is 3. The van der Waals surface area contributed by atoms with Crippen molar-refractivity contribution in [2.24, 2.45) is 11.7 Å². The van der Waals surface area contributed by atoms with Crippen molar-refractivity contribution >= 4 is 38.4 Å². The molecule has 1 saturated carbocycles. The standard InChI is InChI=1S/C11H15BrN2O2S.ClH/c12-9-3-5-10(6-4-9)17(15,16)14-7-11(13)8-1-2-8;/h3-6,8,11,14H,1-2,7,13H2;1H. The lowest BCUT2D eigenvalue weighted by Crippen LogP contribution is -2.38. The van der Waals surface area contributed by atoms with Crippen LogP contribution in [0.2, 0.25) is 0 Å². The first kappa shape index (κ1) is 15.9. The molecule has 1 aromatic carbocycles. The minimum atomic E-state index is -3.43. The van der Waals surface area contributed by atoms with Crippen LogP contribution in [0, 0.1) is 5.92 Å². The Morgan fingerprint density at radius 3 is 2.39 bits per heavy atom. The van der Waals surface area contributed by atoms with Crippen molar-refractivity contribution in [2.45, 2.75) is 23.8 Å². The molecular weight excluding hydrogens is 340 g/mol. The molecule has 2 rings (SSSR count). The SMILES string of the molecule is Cl.NC(CNS(=O)(=O)c1ccc(Br)cc1)C1CC1. The molecule has 0 amide bonds. The maximum atomic E-state index is 11.9. The normalized spacial score (nSPS) is 17.0. The number of benzene rings is 1. The maximum absolute atomic E-state index is 11.9. The van der Waals surface area contributed by atoms with Crippen LogP contribution in [-0.4, -0.2) is 21.0 Å². The van der Waals surface area contributed by atoms with E-state index < -0.39 is 10.0 Å². The fourth-order valence-corrected chi connectivity index (χ4v) is 2.93. The molecule has 0 bridgehead atoms. The van der Waals surface area contributed by atoms with E-state index in [-0.39, 0.29) is 23.3 Å². The van der Waals surface area contributed by atoms with Crippen LogP contribution in [0.4, 0.5) is 0 Å². The van der Waals surface area contributed by atoms with E-state index in [1.165, 1.54) is 0 Å². The molecule has 0 aromatic heterocycles. The van der Waals surface area contributed by atoms with Gasteiger partial charge in [-0.05, 0) is 43.0 Å². The number of nitrogens with one attached hydrogen (secondary N) is 1. The van der Waals surface area contributed by atoms with E-state index in [4.69, 9.17) is 5.73 Å². The number of halogens is 2. The van der Waals surface area contributed by atoms with Crippen molar-refractivity contribution < 1.29 is 8.42 Å². The summed E-state index contributed by atoms with van der Waals surface area (Å²) in [6, 6.07) is 6.47. The largest absolute Gasteiger partial charge is 0.326 e. The Balaban J connectivity index is 0.00000162. The van der Waals surface area contributed by atoms with Crippen molar-refractivity contribution in [2.75, 3.05) is 6.54 Å². The molecule has 0 heterocycles. The molecule has 1 aromatic rings. The molecule has 0 radical (unpaired) electrons. The Morgan fingerprint density at radius 2 is 1.89 bits per heavy atom. The molecule has 1 aliphatic rings. The monoisotopic (exact) mass is 354 g/mol. The van der Waals surface area contributed by atoms with Gasteiger partial charge >= 0.3 is 0 Å². The molecular formula is C11H16BrClN2O2S. The van der Waals surface area contributed by atoms with Gasteiger partial charge in [0, 0.05) is 17.1 Å². The summed E-state index contributed by atoms with van der Waals surface area (Å²) in [6.45, 7) is 0.309. The zero-order chi connectivity index (χ0) is 12.5. The Labute approximate surface area is 122 Å². The molecule has 1 atom stereocenters. The topological polar surface area (TPSA) is 72.2 Å². The van der Waals surface area contributed by atoms with Gasteiger partial charge in [-0.25, -0.2) is 13.1 Å². The van der Waals surface area contributed by atoms with Crippen LogP contribution < -0.4 is 10.5 Å². The van der Waals surface area contributed by atoms with Crippen LogP contribution in [0.1, 0.15) is 12.8 Å². The third-order valence-corrected chi connectivity index (χ3v) is 4.83. The summed E-state index contributed by atoms with van der Waals surface area (Å²) < 4.78 is 27.2. The van der Waals surface area contributed by atoms with Gasteiger partial charge in [-0.2, -0.15) is 0 Å². The summed E-state index contributed by atoms with van der Waals surface area (Å²) in [4.78, 5) is 0.267. The third kappa shape index (κ3) is 4.20. The van der Waals surface area contributed by atoms with Crippen LogP contribution in [0.25, 0.3) is 0 Å². The average Bonchev–Trinajstić information content (AvgIpc) is 3.10. The second kappa shape index (κ2) is 6.34. The molecule has 0 aliphatic heterocycles. The Kier molecular flexibility index (Phi) is 5.61. The second-order valence-corrected chi connectivity index (χ2v) is 6.99. The highest BCUT2D eigenvalue weighted by Gasteiger charge is 2.29. The van der Waals surface area contributed by atoms with Gasteiger partial charge in [-0.1, -0.05) is 15.9 Å². The van der Waals surface area contributed by atoms with Crippen LogP contribution in [0.3, 0.4) is 0 Å². The summed E-state index contributed by atoms with van der Waals surface area (Å²) in [7, 11) is -3.43. The zero-order valence-corrected chi connectivity index (χ0v) is 12.9. The highest BCUT2D eigenvalue weighted by molar-refractivity contribution is 9.10. The molecule has 0 spiro atoms. The zero-order valence-electron chi connectivity index (χ0n) is 9.67. The first-order valence-corrected chi connectivity index (χ1v) is 7.77. The van der Waals surface area contributed by atoms with Gasteiger partial charge in [0.05, 0.1) is 4.90 Å². The number of rotatable bonds is 5. The summed E-state index contributed by atoms with van der Waals surface area (Å²) in [6.07, 6.45) is 2.22. The van der Waals surface area contributed by atoms with E-state index in [9.17, 15) is 8.42 Å². The fourth-order valence-electron chi connectivity index (χ4n) is 1.59. The van der Waals surface area contributed by atoms with Crippen molar-refractivity contribution in [3.63, 3.8) is 0 Å². The smallest absolute Gasteiger partial charge is 0.240 e. The van der Waals surface area contributed by atoms with Gasteiger partial charge in [-0.15, -0.1) is 12.4 Å². The van der Waals surface area contributed by atoms with Crippen LogP contribution in [0.15, 0.2) is 33.6 Å². The van der Waals surface area contributed by atoms with Gasteiger partial charge in [0.2, 0.25) is 10.0 Å². The summed E-state index contributed by atoms with van der Waals surface area (Å²) in [5.74, 6) is 0.489. The molecule has 18 heavy (non-hydrogen) atoms. The second-order valence-electron chi connectivity index (χ2n) is 4.31. The van der Waals surface area contributed by atoms with Crippen LogP contribution >= 0.6 is 28.3 Å². The molecule has 7 heteroatoms. The first-order chi connectivity index (χ1) is 7.99. The fraction of sp³-hybridized carbons (Fsp3) is 0.455. The van der Waals surface area contributed by atoms with Crippen molar-refractivity contribution in [3.05, 3.63) is 28.7 Å². The minimum Gasteiger partial charge on any atom is -0.326 e. The van der Waals surface area contributed by atoms with E-state index in [0.29, 0.717) is 12.5 Å². The third-order valence-electron chi connectivity index (χ3n) is 2.86. The lowest BCUT2D eigenvalue weighted by molar-refractivity contribution is 0.547. The van der Waals surface area contributed by atoms with Crippen molar-refractivity contribution in [1.29, 1.82) is 0 Å². The van der Waals surface area contributed by atoms with Gasteiger partial charge in [0.25, 0.3) is 0 Å². The molecule has 102 valence electrons. The Morgan fingerprint density at radius 1 is 1.33 bits per heavy atom. The highest BCUT2D eigenvalue weighted by atomic mass is 79.9. The minimum absolute atomic E-state index is 0. The van der Waals surface area contributed by atoms with Crippen LogP contribution in [-0.2, 0) is 10.0 Å². The highest BCUT2D eigenvalue weighted by Crippen LogP contribution is 2.31. The average molecular weight is 356 g/mol. The van der Waals surface area contributed by atoms with E-state index in [2.05, 4.69) is 20.7 Å². The number of nitrogens with two attached hydrogens (primary N) is 1. The quantitative estimate of drug-likeness (QED) is 0.847. The molecule has 1 fully saturated rings. The molecule has 1 unspecified atom stereocenters. The predicted molar refractivity (Wildman–Crippen MR) is 77.3 cm³/mol. The molecule has 0 saturated heterocycles. The van der Waals surface area contributed by atoms with E-state index in [0.717, 1.165) is 17.3 Å².